The third-order valence-corrected chi connectivity index (χ3v) is 5.95. The number of hydrogen-bond acceptors (Lipinski definition) is 5. The summed E-state index contributed by atoms with van der Waals surface area (Å²) < 4.78 is 20.7. The smallest absolute Gasteiger partial charge is 0.255 e. The molecule has 0 spiro atoms. The number of para-hydroxylation sites is 1. The molecule has 1 aliphatic rings. The lowest BCUT2D eigenvalue weighted by Crippen LogP contribution is -2.31. The van der Waals surface area contributed by atoms with Crippen molar-refractivity contribution >= 4 is 17.5 Å². The SMILES string of the molecule is CC1=C(C(=O)Nc2ccccc2C)[C@H](c2ccc(OCc3ccc(F)cc3)cc2)n2ncnc2N1. The molecule has 3 aromatic carbocycles. The molecule has 2 N–H and O–H groups in total. The van der Waals surface area contributed by atoms with Crippen molar-refractivity contribution in [3.05, 3.63) is 113 Å². The Kier molecular flexibility index (Phi) is 6.01. The average Bonchev–Trinajstić information content (AvgIpc) is 3.32. The molecule has 1 amide bonds. The van der Waals surface area contributed by atoms with E-state index in [9.17, 15) is 9.18 Å². The molecule has 8 heteroatoms. The molecule has 4 aromatic rings. The Morgan fingerprint density at radius 3 is 2.54 bits per heavy atom. The number of ether oxygens (including phenoxy) is 1. The second-order valence-electron chi connectivity index (χ2n) is 8.35. The molecule has 35 heavy (non-hydrogen) atoms. The van der Waals surface area contributed by atoms with Crippen LogP contribution in [0.3, 0.4) is 0 Å². The molecule has 0 radical (unpaired) electrons. The Labute approximate surface area is 202 Å². The molecule has 0 fully saturated rings. The van der Waals surface area contributed by atoms with Crippen LogP contribution in [0.15, 0.2) is 90.4 Å². The first kappa shape index (κ1) is 22.3. The number of carbonyl (C=O) groups is 1. The Hall–Kier alpha value is -4.46. The van der Waals surface area contributed by atoms with E-state index in [-0.39, 0.29) is 11.7 Å². The first-order valence-electron chi connectivity index (χ1n) is 11.2. The zero-order valence-corrected chi connectivity index (χ0v) is 19.3. The van der Waals surface area contributed by atoms with E-state index in [0.29, 0.717) is 29.6 Å². The van der Waals surface area contributed by atoms with Gasteiger partial charge in [-0.05, 0) is 60.9 Å². The number of benzene rings is 3. The minimum atomic E-state index is -0.469. The second-order valence-corrected chi connectivity index (χ2v) is 8.35. The number of amides is 1. The van der Waals surface area contributed by atoms with Crippen LogP contribution >= 0.6 is 0 Å². The largest absolute Gasteiger partial charge is 0.489 e. The van der Waals surface area contributed by atoms with Gasteiger partial charge in [0, 0.05) is 11.4 Å². The van der Waals surface area contributed by atoms with Crippen LogP contribution in [-0.4, -0.2) is 20.7 Å². The van der Waals surface area contributed by atoms with Gasteiger partial charge < -0.3 is 15.4 Å². The van der Waals surface area contributed by atoms with E-state index >= 15 is 0 Å². The lowest BCUT2D eigenvalue weighted by atomic mass is 9.95. The normalized spacial score (nSPS) is 14.8. The van der Waals surface area contributed by atoms with Gasteiger partial charge in [-0.25, -0.2) is 9.07 Å². The van der Waals surface area contributed by atoms with Crippen LogP contribution in [0.4, 0.5) is 16.0 Å². The maximum atomic E-state index is 13.5. The predicted molar refractivity (Wildman–Crippen MR) is 131 cm³/mol. The Morgan fingerprint density at radius 1 is 1.06 bits per heavy atom. The fraction of sp³-hybridized carbons (Fsp3) is 0.148. The number of halogens is 1. The first-order chi connectivity index (χ1) is 17.0. The van der Waals surface area contributed by atoms with Crippen LogP contribution in [-0.2, 0) is 11.4 Å². The molecule has 0 saturated carbocycles. The monoisotopic (exact) mass is 469 g/mol. The highest BCUT2D eigenvalue weighted by atomic mass is 19.1. The van der Waals surface area contributed by atoms with Crippen molar-refractivity contribution in [3.63, 3.8) is 0 Å². The maximum Gasteiger partial charge on any atom is 0.255 e. The van der Waals surface area contributed by atoms with Gasteiger partial charge in [0.25, 0.3) is 5.91 Å². The van der Waals surface area contributed by atoms with Gasteiger partial charge in [-0.3, -0.25) is 4.79 Å². The highest BCUT2D eigenvalue weighted by Gasteiger charge is 2.33. The van der Waals surface area contributed by atoms with Gasteiger partial charge in [-0.1, -0.05) is 42.5 Å². The van der Waals surface area contributed by atoms with Gasteiger partial charge >= 0.3 is 0 Å². The number of nitrogens with zero attached hydrogens (tertiary/aromatic N) is 3. The molecular formula is C27H24FN5O2. The molecule has 0 unspecified atom stereocenters. The summed E-state index contributed by atoms with van der Waals surface area (Å²) in [5.41, 5.74) is 4.72. The molecule has 5 rings (SSSR count). The van der Waals surface area contributed by atoms with E-state index in [1.165, 1.54) is 18.5 Å². The van der Waals surface area contributed by atoms with Gasteiger partial charge in [-0.2, -0.15) is 10.1 Å². The molecule has 1 aliphatic heterocycles. The van der Waals surface area contributed by atoms with E-state index < -0.39 is 6.04 Å². The number of fused-ring (bicyclic) bond motifs is 1. The van der Waals surface area contributed by atoms with Gasteiger partial charge in [0.1, 0.15) is 30.5 Å². The molecule has 7 nitrogen and oxygen atoms in total. The third kappa shape index (κ3) is 4.63. The summed E-state index contributed by atoms with van der Waals surface area (Å²) in [6.07, 6.45) is 1.46. The summed E-state index contributed by atoms with van der Waals surface area (Å²) in [6.45, 7) is 4.13. The van der Waals surface area contributed by atoms with Gasteiger partial charge in [-0.15, -0.1) is 0 Å². The minimum absolute atomic E-state index is 0.216. The molecular weight excluding hydrogens is 445 g/mol. The zero-order valence-electron chi connectivity index (χ0n) is 19.3. The summed E-state index contributed by atoms with van der Waals surface area (Å²) in [6, 6.07) is 20.9. The van der Waals surface area contributed by atoms with Crippen molar-refractivity contribution in [1.29, 1.82) is 0 Å². The summed E-state index contributed by atoms with van der Waals surface area (Å²) in [5, 5.41) is 10.6. The predicted octanol–water partition coefficient (Wildman–Crippen LogP) is 5.23. The number of anilines is 2. The van der Waals surface area contributed by atoms with Crippen LogP contribution < -0.4 is 15.4 Å². The van der Waals surface area contributed by atoms with Gasteiger partial charge in [0.05, 0.1) is 5.57 Å². The lowest BCUT2D eigenvalue weighted by Gasteiger charge is -2.29. The van der Waals surface area contributed by atoms with Crippen molar-refractivity contribution in [2.45, 2.75) is 26.5 Å². The van der Waals surface area contributed by atoms with E-state index in [1.807, 2.05) is 62.4 Å². The summed E-state index contributed by atoms with van der Waals surface area (Å²) in [4.78, 5) is 17.8. The van der Waals surface area contributed by atoms with Crippen molar-refractivity contribution in [2.24, 2.45) is 0 Å². The highest BCUT2D eigenvalue weighted by Crippen LogP contribution is 2.36. The molecule has 2 heterocycles. The van der Waals surface area contributed by atoms with E-state index in [0.717, 1.165) is 22.4 Å². The van der Waals surface area contributed by atoms with E-state index in [1.54, 1.807) is 16.8 Å². The highest BCUT2D eigenvalue weighted by molar-refractivity contribution is 6.06. The summed E-state index contributed by atoms with van der Waals surface area (Å²) in [5.74, 6) is 0.735. The fourth-order valence-corrected chi connectivity index (χ4v) is 4.09. The number of allylic oxidation sites excluding steroid dienone is 1. The van der Waals surface area contributed by atoms with Crippen molar-refractivity contribution in [3.8, 4) is 5.75 Å². The quantitative estimate of drug-likeness (QED) is 0.404. The fourth-order valence-electron chi connectivity index (χ4n) is 4.09. The van der Waals surface area contributed by atoms with Crippen LogP contribution in [0.2, 0.25) is 0 Å². The second kappa shape index (κ2) is 9.42. The number of rotatable bonds is 6. The molecule has 1 atom stereocenters. The summed E-state index contributed by atoms with van der Waals surface area (Å²) >= 11 is 0. The Bertz CT molecular complexity index is 1390. The van der Waals surface area contributed by atoms with Crippen molar-refractivity contribution in [2.75, 3.05) is 10.6 Å². The van der Waals surface area contributed by atoms with Crippen molar-refractivity contribution < 1.29 is 13.9 Å². The van der Waals surface area contributed by atoms with E-state index in [2.05, 4.69) is 20.7 Å². The van der Waals surface area contributed by atoms with Crippen molar-refractivity contribution in [1.82, 2.24) is 14.8 Å². The van der Waals surface area contributed by atoms with Gasteiger partial charge in [0.2, 0.25) is 5.95 Å². The molecule has 0 bridgehead atoms. The Morgan fingerprint density at radius 2 is 1.80 bits per heavy atom. The average molecular weight is 470 g/mol. The summed E-state index contributed by atoms with van der Waals surface area (Å²) in [7, 11) is 0. The van der Waals surface area contributed by atoms with E-state index in [4.69, 9.17) is 4.74 Å². The molecule has 176 valence electrons. The Balaban J connectivity index is 1.41. The number of aryl methyl sites for hydroxylation is 1. The van der Waals surface area contributed by atoms with Crippen LogP contribution in [0, 0.1) is 12.7 Å². The molecule has 0 saturated heterocycles. The minimum Gasteiger partial charge on any atom is -0.489 e. The maximum absolute atomic E-state index is 13.5. The topological polar surface area (TPSA) is 81.1 Å². The number of carbonyl (C=O) groups excluding carboxylic acids is 1. The molecule has 0 aliphatic carbocycles. The van der Waals surface area contributed by atoms with Crippen LogP contribution in [0.25, 0.3) is 0 Å². The number of nitrogens with one attached hydrogen (secondary N) is 2. The first-order valence-corrected chi connectivity index (χ1v) is 11.2. The zero-order chi connectivity index (χ0) is 24.4. The number of aromatic nitrogens is 3. The van der Waals surface area contributed by atoms with Crippen LogP contribution in [0.1, 0.15) is 29.7 Å². The number of hydrogen-bond donors (Lipinski definition) is 2. The third-order valence-electron chi connectivity index (χ3n) is 5.95. The standard InChI is InChI=1S/C27H24FN5O2/c1-17-5-3-4-6-23(17)32-26(34)24-18(2)31-27-29-16-30-33(27)25(24)20-9-13-22(14-10-20)35-15-19-7-11-21(28)12-8-19/h3-14,16,25H,15H2,1-2H3,(H,32,34)(H,29,30,31)/t25-/m0/s1. The lowest BCUT2D eigenvalue weighted by molar-refractivity contribution is -0.113. The molecule has 1 aromatic heterocycles. The van der Waals surface area contributed by atoms with Gasteiger partial charge in [0.15, 0.2) is 0 Å². The van der Waals surface area contributed by atoms with Crippen LogP contribution in [0.5, 0.6) is 5.75 Å².